The quantitative estimate of drug-likeness (QED) is 0.715. The summed E-state index contributed by atoms with van der Waals surface area (Å²) in [4.78, 5) is 12.8. The lowest BCUT2D eigenvalue weighted by atomic mass is 10.1. The normalized spacial score (nSPS) is 10.3. The van der Waals surface area contributed by atoms with E-state index in [-0.39, 0.29) is 0 Å². The fraction of sp³-hybridized carbons (Fsp3) is 0.167. The van der Waals surface area contributed by atoms with Crippen molar-refractivity contribution >= 4 is 0 Å². The van der Waals surface area contributed by atoms with E-state index in [1.165, 1.54) is 0 Å². The molecule has 0 fully saturated rings. The molecule has 116 valence electrons. The van der Waals surface area contributed by atoms with Gasteiger partial charge in [0.25, 0.3) is 0 Å². The molecule has 3 aromatic heterocycles. The summed E-state index contributed by atoms with van der Waals surface area (Å²) in [6.07, 6.45) is 7.71. The maximum absolute atomic E-state index is 5.91. The van der Waals surface area contributed by atoms with Gasteiger partial charge in [0, 0.05) is 35.4 Å². The van der Waals surface area contributed by atoms with E-state index >= 15 is 0 Å². The standard InChI is InChI=1S/C18H17N3O2/c1-3-13-6-7-14(11-21-13)23-18-15(5-4-9-20-18)16-12-19-10-8-17(16)22-2/h4-12H,3H2,1-2H3. The third kappa shape index (κ3) is 3.29. The third-order valence-corrected chi connectivity index (χ3v) is 3.44. The van der Waals surface area contributed by atoms with Crippen LogP contribution in [-0.2, 0) is 6.42 Å². The minimum Gasteiger partial charge on any atom is -0.496 e. The molecular weight excluding hydrogens is 290 g/mol. The fourth-order valence-electron chi connectivity index (χ4n) is 2.23. The van der Waals surface area contributed by atoms with Crippen LogP contribution in [-0.4, -0.2) is 22.1 Å². The van der Waals surface area contributed by atoms with E-state index < -0.39 is 0 Å². The molecule has 5 heteroatoms. The Balaban J connectivity index is 1.97. The van der Waals surface area contributed by atoms with Crippen LogP contribution in [0.4, 0.5) is 0 Å². The first-order chi connectivity index (χ1) is 11.3. The number of methoxy groups -OCH3 is 1. The van der Waals surface area contributed by atoms with Crippen molar-refractivity contribution < 1.29 is 9.47 Å². The molecule has 0 N–H and O–H groups in total. The molecule has 0 bridgehead atoms. The van der Waals surface area contributed by atoms with Crippen molar-refractivity contribution in [3.63, 3.8) is 0 Å². The summed E-state index contributed by atoms with van der Waals surface area (Å²) in [5.41, 5.74) is 2.67. The Kier molecular flexibility index (Phi) is 4.47. The van der Waals surface area contributed by atoms with Crippen molar-refractivity contribution in [3.8, 4) is 28.5 Å². The lowest BCUT2D eigenvalue weighted by Gasteiger charge is -2.12. The zero-order valence-corrected chi connectivity index (χ0v) is 13.1. The second-order valence-electron chi connectivity index (χ2n) is 4.87. The first-order valence-corrected chi connectivity index (χ1v) is 7.38. The van der Waals surface area contributed by atoms with E-state index in [2.05, 4.69) is 21.9 Å². The molecule has 0 spiro atoms. The first kappa shape index (κ1) is 15.0. The summed E-state index contributed by atoms with van der Waals surface area (Å²) in [6, 6.07) is 9.43. The average molecular weight is 307 g/mol. The predicted octanol–water partition coefficient (Wildman–Crippen LogP) is 3.90. The number of hydrogen-bond acceptors (Lipinski definition) is 5. The second kappa shape index (κ2) is 6.87. The zero-order chi connectivity index (χ0) is 16.1. The number of hydrogen-bond donors (Lipinski definition) is 0. The molecule has 3 rings (SSSR count). The van der Waals surface area contributed by atoms with E-state index in [1.807, 2.05) is 30.3 Å². The van der Waals surface area contributed by atoms with Crippen molar-refractivity contribution in [1.82, 2.24) is 15.0 Å². The Morgan fingerprint density at radius 3 is 2.61 bits per heavy atom. The molecule has 0 aliphatic carbocycles. The molecule has 23 heavy (non-hydrogen) atoms. The van der Waals surface area contributed by atoms with E-state index in [0.29, 0.717) is 11.6 Å². The Labute approximate surface area is 135 Å². The van der Waals surface area contributed by atoms with Gasteiger partial charge in [-0.25, -0.2) is 4.98 Å². The van der Waals surface area contributed by atoms with E-state index in [9.17, 15) is 0 Å². The Morgan fingerprint density at radius 2 is 1.87 bits per heavy atom. The topological polar surface area (TPSA) is 57.1 Å². The summed E-state index contributed by atoms with van der Waals surface area (Å²) in [6.45, 7) is 2.06. The van der Waals surface area contributed by atoms with Crippen LogP contribution in [0.5, 0.6) is 17.4 Å². The lowest BCUT2D eigenvalue weighted by molar-refractivity contribution is 0.415. The highest BCUT2D eigenvalue weighted by Crippen LogP contribution is 2.35. The number of rotatable bonds is 5. The monoisotopic (exact) mass is 307 g/mol. The predicted molar refractivity (Wildman–Crippen MR) is 87.7 cm³/mol. The van der Waals surface area contributed by atoms with Gasteiger partial charge in [-0.3, -0.25) is 9.97 Å². The van der Waals surface area contributed by atoms with Crippen LogP contribution in [0.2, 0.25) is 0 Å². The largest absolute Gasteiger partial charge is 0.496 e. The van der Waals surface area contributed by atoms with E-state index in [0.717, 1.165) is 29.0 Å². The summed E-state index contributed by atoms with van der Waals surface area (Å²) in [5.74, 6) is 1.85. The highest BCUT2D eigenvalue weighted by molar-refractivity contribution is 5.73. The number of pyridine rings is 3. The SMILES string of the molecule is CCc1ccc(Oc2ncccc2-c2cnccc2OC)cn1. The molecule has 0 saturated heterocycles. The van der Waals surface area contributed by atoms with Crippen LogP contribution in [0.25, 0.3) is 11.1 Å². The minimum absolute atomic E-state index is 0.491. The molecular formula is C18H17N3O2. The molecule has 0 aromatic carbocycles. The van der Waals surface area contributed by atoms with Gasteiger partial charge in [0.2, 0.25) is 5.88 Å². The van der Waals surface area contributed by atoms with Crippen LogP contribution in [0.1, 0.15) is 12.6 Å². The lowest BCUT2D eigenvalue weighted by Crippen LogP contribution is -1.95. The number of aromatic nitrogens is 3. The van der Waals surface area contributed by atoms with Gasteiger partial charge in [0.15, 0.2) is 0 Å². The zero-order valence-electron chi connectivity index (χ0n) is 13.1. The molecule has 0 saturated carbocycles. The van der Waals surface area contributed by atoms with Crippen LogP contribution >= 0.6 is 0 Å². The highest BCUT2D eigenvalue weighted by atomic mass is 16.5. The molecule has 3 aromatic rings. The Bertz CT molecular complexity index is 788. The smallest absolute Gasteiger partial charge is 0.227 e. The van der Waals surface area contributed by atoms with Crippen LogP contribution in [0, 0.1) is 0 Å². The van der Waals surface area contributed by atoms with E-state index in [4.69, 9.17) is 9.47 Å². The van der Waals surface area contributed by atoms with Gasteiger partial charge < -0.3 is 9.47 Å². The van der Waals surface area contributed by atoms with Crippen molar-refractivity contribution in [2.45, 2.75) is 13.3 Å². The molecule has 5 nitrogen and oxygen atoms in total. The van der Waals surface area contributed by atoms with Crippen molar-refractivity contribution in [1.29, 1.82) is 0 Å². The van der Waals surface area contributed by atoms with Gasteiger partial charge in [-0.1, -0.05) is 6.92 Å². The van der Waals surface area contributed by atoms with Crippen LogP contribution in [0.15, 0.2) is 55.1 Å². The highest BCUT2D eigenvalue weighted by Gasteiger charge is 2.13. The molecule has 0 amide bonds. The van der Waals surface area contributed by atoms with Gasteiger partial charge in [-0.2, -0.15) is 0 Å². The average Bonchev–Trinajstić information content (AvgIpc) is 2.63. The fourth-order valence-corrected chi connectivity index (χ4v) is 2.23. The molecule has 0 radical (unpaired) electrons. The van der Waals surface area contributed by atoms with Crippen LogP contribution < -0.4 is 9.47 Å². The number of aryl methyl sites for hydroxylation is 1. The maximum atomic E-state index is 5.91. The van der Waals surface area contributed by atoms with Gasteiger partial charge in [-0.05, 0) is 36.8 Å². The van der Waals surface area contributed by atoms with Gasteiger partial charge in [-0.15, -0.1) is 0 Å². The summed E-state index contributed by atoms with van der Waals surface area (Å²) < 4.78 is 11.3. The van der Waals surface area contributed by atoms with Gasteiger partial charge in [0.05, 0.1) is 13.3 Å². The summed E-state index contributed by atoms with van der Waals surface area (Å²) >= 11 is 0. The van der Waals surface area contributed by atoms with Crippen molar-refractivity contribution in [2.75, 3.05) is 7.11 Å². The van der Waals surface area contributed by atoms with E-state index in [1.54, 1.807) is 31.9 Å². The van der Waals surface area contributed by atoms with Crippen molar-refractivity contribution in [2.24, 2.45) is 0 Å². The molecule has 0 unspecified atom stereocenters. The molecule has 0 atom stereocenters. The number of ether oxygens (including phenoxy) is 2. The Morgan fingerprint density at radius 1 is 0.957 bits per heavy atom. The number of nitrogens with zero attached hydrogens (tertiary/aromatic N) is 3. The van der Waals surface area contributed by atoms with Crippen molar-refractivity contribution in [3.05, 3.63) is 60.8 Å². The van der Waals surface area contributed by atoms with Crippen LogP contribution in [0.3, 0.4) is 0 Å². The first-order valence-electron chi connectivity index (χ1n) is 7.38. The minimum atomic E-state index is 0.491. The van der Waals surface area contributed by atoms with Gasteiger partial charge in [0.1, 0.15) is 11.5 Å². The Hall–Kier alpha value is -2.95. The maximum Gasteiger partial charge on any atom is 0.227 e. The molecule has 0 aliphatic heterocycles. The second-order valence-corrected chi connectivity index (χ2v) is 4.87. The summed E-state index contributed by atoms with van der Waals surface area (Å²) in [7, 11) is 1.63. The third-order valence-electron chi connectivity index (χ3n) is 3.44. The van der Waals surface area contributed by atoms with Gasteiger partial charge >= 0.3 is 0 Å². The summed E-state index contributed by atoms with van der Waals surface area (Å²) in [5, 5.41) is 0. The molecule has 3 heterocycles. The molecule has 0 aliphatic rings.